The quantitative estimate of drug-likeness (QED) is 0.629. The van der Waals surface area contributed by atoms with E-state index in [1.807, 2.05) is 0 Å². The van der Waals surface area contributed by atoms with Gasteiger partial charge in [-0.15, -0.1) is 10.2 Å². The van der Waals surface area contributed by atoms with Gasteiger partial charge in [0.25, 0.3) is 5.91 Å². The minimum atomic E-state index is -0.225. The molecule has 1 N–H and O–H groups in total. The Balaban J connectivity index is 1.62. The van der Waals surface area contributed by atoms with Gasteiger partial charge in [0.2, 0.25) is 11.0 Å². The molecular weight excluding hydrogens is 344 g/mol. The number of amides is 2. The molecule has 2 amide bonds. The molecule has 0 bridgehead atoms. The number of carbonyl (C=O) groups is 2. The summed E-state index contributed by atoms with van der Waals surface area (Å²) in [6, 6.07) is 7.07. The number of nitrogens with zero attached hydrogens (tertiary/aromatic N) is 3. The normalized spacial score (nSPS) is 14.2. The van der Waals surface area contributed by atoms with Gasteiger partial charge in [-0.1, -0.05) is 30.0 Å². The van der Waals surface area contributed by atoms with Crippen molar-refractivity contribution in [1.82, 2.24) is 10.2 Å². The molecule has 1 aromatic heterocycles. The molecule has 1 aliphatic heterocycles. The molecule has 0 spiro atoms. The molecule has 1 aromatic carbocycles. The molecule has 2 aromatic rings. The molecule has 24 heavy (non-hydrogen) atoms. The molecule has 2 heterocycles. The fourth-order valence-electron chi connectivity index (χ4n) is 2.39. The minimum Gasteiger partial charge on any atom is -0.312 e. The highest BCUT2D eigenvalue weighted by atomic mass is 32.2. The Hall–Kier alpha value is -1.93. The maximum Gasteiger partial charge on any atom is 0.257 e. The number of aromatic nitrogens is 2. The van der Waals surface area contributed by atoms with Crippen LogP contribution in [0.2, 0.25) is 0 Å². The summed E-state index contributed by atoms with van der Waals surface area (Å²) >= 11 is 3.01. The largest absolute Gasteiger partial charge is 0.312 e. The van der Waals surface area contributed by atoms with Crippen LogP contribution in [0.15, 0.2) is 28.6 Å². The topological polar surface area (TPSA) is 75.2 Å². The number of hydrogen-bond donors (Lipinski definition) is 1. The number of carbonyl (C=O) groups excluding carboxylic acids is 2. The molecule has 0 unspecified atom stereocenters. The van der Waals surface area contributed by atoms with Crippen molar-refractivity contribution in [2.45, 2.75) is 30.5 Å². The van der Waals surface area contributed by atoms with E-state index in [1.54, 1.807) is 40.9 Å². The lowest BCUT2D eigenvalue weighted by molar-refractivity contribution is -0.117. The van der Waals surface area contributed by atoms with Crippen LogP contribution in [0, 0.1) is 0 Å². The molecule has 126 valence electrons. The Bertz CT molecular complexity index is 730. The van der Waals surface area contributed by atoms with E-state index in [2.05, 4.69) is 22.4 Å². The number of hydrogen-bond acceptors (Lipinski definition) is 6. The van der Waals surface area contributed by atoms with Crippen LogP contribution in [0.4, 0.5) is 10.8 Å². The lowest BCUT2D eigenvalue weighted by Crippen LogP contribution is -2.23. The zero-order valence-corrected chi connectivity index (χ0v) is 15.0. The van der Waals surface area contributed by atoms with Crippen LogP contribution in [-0.4, -0.2) is 34.3 Å². The number of anilines is 2. The molecule has 1 saturated heterocycles. The van der Waals surface area contributed by atoms with Gasteiger partial charge in [-0.2, -0.15) is 0 Å². The Kier molecular flexibility index (Phi) is 5.47. The van der Waals surface area contributed by atoms with E-state index in [0.29, 0.717) is 17.1 Å². The highest BCUT2D eigenvalue weighted by Gasteiger charge is 2.21. The highest BCUT2D eigenvalue weighted by molar-refractivity contribution is 8.01. The van der Waals surface area contributed by atoms with E-state index >= 15 is 0 Å². The second kappa shape index (κ2) is 7.76. The molecule has 1 aliphatic rings. The number of rotatable bonds is 6. The summed E-state index contributed by atoms with van der Waals surface area (Å²) in [4.78, 5) is 25.8. The maximum absolute atomic E-state index is 12.3. The van der Waals surface area contributed by atoms with Crippen molar-refractivity contribution < 1.29 is 9.59 Å². The zero-order valence-electron chi connectivity index (χ0n) is 13.3. The molecule has 1 fully saturated rings. The van der Waals surface area contributed by atoms with E-state index in [1.165, 1.54) is 11.3 Å². The zero-order chi connectivity index (χ0) is 16.9. The average Bonchev–Trinajstić information content (AvgIpc) is 3.22. The van der Waals surface area contributed by atoms with Crippen molar-refractivity contribution in [3.8, 4) is 0 Å². The molecule has 0 radical (unpaired) electrons. The van der Waals surface area contributed by atoms with Crippen molar-refractivity contribution in [3.63, 3.8) is 0 Å². The second-order valence-corrected chi connectivity index (χ2v) is 7.69. The summed E-state index contributed by atoms with van der Waals surface area (Å²) < 4.78 is 0.857. The summed E-state index contributed by atoms with van der Waals surface area (Å²) in [5, 5.41) is 11.3. The van der Waals surface area contributed by atoms with Crippen LogP contribution in [0.3, 0.4) is 0 Å². The summed E-state index contributed by atoms with van der Waals surface area (Å²) in [5.41, 5.74) is 1.37. The Labute approximate surface area is 148 Å². The van der Waals surface area contributed by atoms with Crippen molar-refractivity contribution in [2.24, 2.45) is 0 Å². The molecule has 0 atom stereocenters. The van der Waals surface area contributed by atoms with Crippen LogP contribution >= 0.6 is 23.1 Å². The third-order valence-corrected chi connectivity index (χ3v) is 5.75. The fourth-order valence-corrected chi connectivity index (χ4v) is 4.06. The molecular formula is C16H18N4O2S2. The Morgan fingerprint density at radius 1 is 1.33 bits per heavy atom. The first-order valence-electron chi connectivity index (χ1n) is 7.85. The van der Waals surface area contributed by atoms with E-state index in [9.17, 15) is 9.59 Å². The standard InChI is InChI=1S/C16H18N4O2S2/c1-2-10-23-16-19-18-15(24-16)17-14(22)11-5-7-12(8-6-11)20-9-3-4-13(20)21/h5-8H,2-4,9-10H2,1H3,(H,17,18,22). The van der Waals surface area contributed by atoms with Gasteiger partial charge < -0.3 is 4.90 Å². The van der Waals surface area contributed by atoms with Gasteiger partial charge in [0.15, 0.2) is 4.34 Å². The Morgan fingerprint density at radius 3 is 2.79 bits per heavy atom. The van der Waals surface area contributed by atoms with Crippen molar-refractivity contribution in [3.05, 3.63) is 29.8 Å². The predicted octanol–water partition coefficient (Wildman–Crippen LogP) is 3.42. The number of benzene rings is 1. The SMILES string of the molecule is CCCSc1nnc(NC(=O)c2ccc(N3CCCC3=O)cc2)s1. The van der Waals surface area contributed by atoms with Crippen LogP contribution in [-0.2, 0) is 4.79 Å². The lowest BCUT2D eigenvalue weighted by Gasteiger charge is -2.15. The first-order valence-corrected chi connectivity index (χ1v) is 9.65. The fraction of sp³-hybridized carbons (Fsp3) is 0.375. The third-order valence-electron chi connectivity index (χ3n) is 3.57. The van der Waals surface area contributed by atoms with Crippen LogP contribution in [0.5, 0.6) is 0 Å². The lowest BCUT2D eigenvalue weighted by atomic mass is 10.2. The van der Waals surface area contributed by atoms with Crippen LogP contribution in [0.25, 0.3) is 0 Å². The van der Waals surface area contributed by atoms with Crippen LogP contribution in [0.1, 0.15) is 36.5 Å². The summed E-state index contributed by atoms with van der Waals surface area (Å²) in [7, 11) is 0. The predicted molar refractivity (Wildman–Crippen MR) is 96.9 cm³/mol. The van der Waals surface area contributed by atoms with Gasteiger partial charge in [0, 0.05) is 30.0 Å². The molecule has 6 nitrogen and oxygen atoms in total. The monoisotopic (exact) mass is 362 g/mol. The average molecular weight is 362 g/mol. The summed E-state index contributed by atoms with van der Waals surface area (Å²) in [6.45, 7) is 2.85. The minimum absolute atomic E-state index is 0.137. The van der Waals surface area contributed by atoms with Crippen molar-refractivity contribution in [1.29, 1.82) is 0 Å². The number of nitrogens with one attached hydrogen (secondary N) is 1. The Morgan fingerprint density at radius 2 is 2.12 bits per heavy atom. The van der Waals surface area contributed by atoms with Gasteiger partial charge in [-0.05, 0) is 37.1 Å². The summed E-state index contributed by atoms with van der Waals surface area (Å²) in [6.07, 6.45) is 2.55. The molecule has 0 aliphatic carbocycles. The first-order chi connectivity index (χ1) is 11.7. The van der Waals surface area contributed by atoms with E-state index in [0.717, 1.165) is 35.2 Å². The van der Waals surface area contributed by atoms with Gasteiger partial charge >= 0.3 is 0 Å². The highest BCUT2D eigenvalue weighted by Crippen LogP contribution is 2.26. The van der Waals surface area contributed by atoms with E-state index in [4.69, 9.17) is 0 Å². The maximum atomic E-state index is 12.3. The second-order valence-electron chi connectivity index (χ2n) is 5.37. The van der Waals surface area contributed by atoms with E-state index in [-0.39, 0.29) is 11.8 Å². The molecule has 8 heteroatoms. The van der Waals surface area contributed by atoms with Crippen LogP contribution < -0.4 is 10.2 Å². The molecule has 3 rings (SSSR count). The smallest absolute Gasteiger partial charge is 0.257 e. The third kappa shape index (κ3) is 3.93. The van der Waals surface area contributed by atoms with Gasteiger partial charge in [-0.3, -0.25) is 14.9 Å². The van der Waals surface area contributed by atoms with Gasteiger partial charge in [0.05, 0.1) is 0 Å². The molecule has 0 saturated carbocycles. The summed E-state index contributed by atoms with van der Waals surface area (Å²) in [5.74, 6) is 0.898. The van der Waals surface area contributed by atoms with E-state index < -0.39 is 0 Å². The van der Waals surface area contributed by atoms with Gasteiger partial charge in [0.1, 0.15) is 0 Å². The van der Waals surface area contributed by atoms with Crippen molar-refractivity contribution >= 4 is 45.7 Å². The number of thioether (sulfide) groups is 1. The van der Waals surface area contributed by atoms with Crippen molar-refractivity contribution in [2.75, 3.05) is 22.5 Å². The first kappa shape index (κ1) is 16.9. The van der Waals surface area contributed by atoms with Gasteiger partial charge in [-0.25, -0.2) is 0 Å².